The lowest BCUT2D eigenvalue weighted by atomic mass is 10.2. The Labute approximate surface area is 241 Å². The van der Waals surface area contributed by atoms with Crippen molar-refractivity contribution in [1.82, 2.24) is 19.5 Å². The molecule has 2 saturated heterocycles. The lowest BCUT2D eigenvalue weighted by molar-refractivity contribution is -0.240. The van der Waals surface area contributed by atoms with Gasteiger partial charge in [0.1, 0.15) is 31.4 Å². The molecular formula is C20H20N5O13P3S-2. The molecule has 2 aromatic heterocycles. The number of imidazole rings is 1. The van der Waals surface area contributed by atoms with Crippen LogP contribution in [-0.2, 0) is 57.4 Å². The molecule has 1 N–H and O–H groups in total. The summed E-state index contributed by atoms with van der Waals surface area (Å²) in [6.07, 6.45) is -0.440. The highest BCUT2D eigenvalue weighted by atomic mass is 32.5. The average molecular weight is 663 g/mol. The highest BCUT2D eigenvalue weighted by Gasteiger charge is 2.44. The minimum atomic E-state index is -5.38. The number of esters is 1. The fourth-order valence-electron chi connectivity index (χ4n) is 4.01. The molecular weight excluding hydrogens is 643 g/mol. The van der Waals surface area contributed by atoms with E-state index in [9.17, 15) is 28.5 Å². The number of methoxy groups -OCH3 is 1. The maximum Gasteiger partial charge on any atom is 0.340 e. The van der Waals surface area contributed by atoms with Gasteiger partial charge in [0.05, 0.1) is 12.9 Å². The molecule has 2 aliphatic rings. The van der Waals surface area contributed by atoms with Crippen molar-refractivity contribution in [2.24, 2.45) is 0 Å². The molecule has 42 heavy (non-hydrogen) atoms. The number of fused-ring (bicyclic) bond motifs is 1. The predicted octanol–water partition coefficient (Wildman–Crippen LogP) is 1.17. The van der Waals surface area contributed by atoms with E-state index in [2.05, 4.69) is 33.2 Å². The molecule has 0 spiro atoms. The van der Waals surface area contributed by atoms with Crippen LogP contribution in [0.3, 0.4) is 0 Å². The van der Waals surface area contributed by atoms with Crippen molar-refractivity contribution in [3.8, 4) is 0 Å². The van der Waals surface area contributed by atoms with Crippen molar-refractivity contribution in [3.05, 3.63) is 48.5 Å². The maximum absolute atomic E-state index is 12.7. The summed E-state index contributed by atoms with van der Waals surface area (Å²) in [6.45, 7) is -5.42. The average Bonchev–Trinajstić information content (AvgIpc) is 3.50. The largest absolute Gasteiger partial charge is 0.756 e. The molecule has 3 aromatic rings. The Balaban J connectivity index is 1.36. The minimum Gasteiger partial charge on any atom is -0.756 e. The first-order valence-electron chi connectivity index (χ1n) is 11.8. The summed E-state index contributed by atoms with van der Waals surface area (Å²) in [6, 6.07) is 8.45. The van der Waals surface area contributed by atoms with Gasteiger partial charge in [-0.05, 0) is 23.9 Å². The summed E-state index contributed by atoms with van der Waals surface area (Å²) in [5.41, 5.74) is 0.882. The molecule has 2 fully saturated rings. The molecule has 4 heterocycles. The monoisotopic (exact) mass is 663 g/mol. The number of phosphoric acid groups is 2. The van der Waals surface area contributed by atoms with Gasteiger partial charge in [-0.3, -0.25) is 18.5 Å². The Kier molecular flexibility index (Phi) is 9.02. The van der Waals surface area contributed by atoms with E-state index >= 15 is 0 Å². The lowest BCUT2D eigenvalue weighted by Crippen LogP contribution is -2.32. The normalized spacial score (nSPS) is 31.2. The second-order valence-corrected chi connectivity index (χ2v) is 14.8. The molecule has 5 atom stereocenters. The van der Waals surface area contributed by atoms with E-state index in [1.807, 2.05) is 0 Å². The molecule has 0 saturated carbocycles. The van der Waals surface area contributed by atoms with Crippen LogP contribution < -0.4 is 15.1 Å². The van der Waals surface area contributed by atoms with E-state index < -0.39 is 59.3 Å². The third-order valence-corrected chi connectivity index (χ3v) is 12.4. The molecule has 0 radical (unpaired) electrons. The van der Waals surface area contributed by atoms with Crippen molar-refractivity contribution in [1.29, 1.82) is 0 Å². The highest BCUT2D eigenvalue weighted by molar-refractivity contribution is 8.10. The van der Waals surface area contributed by atoms with Gasteiger partial charge in [-0.2, -0.15) is 0 Å². The number of anilines is 1. The molecule has 1 aromatic carbocycles. The first kappa shape index (κ1) is 30.9. The van der Waals surface area contributed by atoms with Gasteiger partial charge in [0.25, 0.3) is 21.6 Å². The number of hydrogen-bond acceptors (Lipinski definition) is 17. The van der Waals surface area contributed by atoms with Gasteiger partial charge in [0, 0.05) is 19.1 Å². The SMILES string of the molecule is COCC(=O)O[C@H]1C[C@H](n2cnc3c(NC(=O)c4ccccc4)ncnc32)O[C@@H]1COP1(=S)OP(=O)([O-])OP(=O)([O-])O1. The Morgan fingerprint density at radius 2 is 1.83 bits per heavy atom. The van der Waals surface area contributed by atoms with E-state index in [0.29, 0.717) is 5.56 Å². The van der Waals surface area contributed by atoms with Crippen molar-refractivity contribution in [2.75, 3.05) is 25.6 Å². The predicted molar refractivity (Wildman–Crippen MR) is 139 cm³/mol. The molecule has 22 heteroatoms. The molecule has 2 aliphatic heterocycles. The number of rotatable bonds is 9. The second kappa shape index (κ2) is 12.2. The summed E-state index contributed by atoms with van der Waals surface area (Å²) < 4.78 is 59.1. The number of amides is 1. The van der Waals surface area contributed by atoms with Crippen LogP contribution in [-0.4, -0.2) is 63.9 Å². The summed E-state index contributed by atoms with van der Waals surface area (Å²) in [7, 11) is -9.48. The Morgan fingerprint density at radius 3 is 2.52 bits per heavy atom. The van der Waals surface area contributed by atoms with Gasteiger partial charge in [0.15, 0.2) is 17.0 Å². The van der Waals surface area contributed by atoms with Crippen molar-refractivity contribution in [3.63, 3.8) is 0 Å². The maximum atomic E-state index is 12.7. The number of nitrogens with one attached hydrogen (secondary N) is 1. The van der Waals surface area contributed by atoms with Gasteiger partial charge in [-0.15, -0.1) is 0 Å². The fourth-order valence-corrected chi connectivity index (χ4v) is 10.5. The highest BCUT2D eigenvalue weighted by Crippen LogP contribution is 2.77. The minimum absolute atomic E-state index is 0.0123. The molecule has 0 aliphatic carbocycles. The topological polar surface area (TPSA) is 235 Å². The van der Waals surface area contributed by atoms with Crippen LogP contribution in [0.1, 0.15) is 23.0 Å². The summed E-state index contributed by atoms with van der Waals surface area (Å²) >= 11 is 4.88. The third kappa shape index (κ3) is 7.17. The van der Waals surface area contributed by atoms with Crippen molar-refractivity contribution in [2.45, 2.75) is 24.9 Å². The van der Waals surface area contributed by atoms with Crippen LogP contribution in [0.25, 0.3) is 11.2 Å². The number of carbonyl (C=O) groups excluding carboxylic acids is 2. The Morgan fingerprint density at radius 1 is 1.12 bits per heavy atom. The van der Waals surface area contributed by atoms with Crippen LogP contribution in [0, 0.1) is 0 Å². The fraction of sp³-hybridized carbons (Fsp3) is 0.350. The van der Waals surface area contributed by atoms with Crippen LogP contribution in [0.4, 0.5) is 5.82 Å². The molecule has 1 amide bonds. The number of hydrogen-bond donors (Lipinski definition) is 1. The van der Waals surface area contributed by atoms with E-state index in [-0.39, 0.29) is 30.0 Å². The zero-order valence-corrected chi connectivity index (χ0v) is 24.7. The van der Waals surface area contributed by atoms with Crippen LogP contribution in [0.5, 0.6) is 0 Å². The van der Waals surface area contributed by atoms with Crippen molar-refractivity contribution < 1.29 is 60.2 Å². The van der Waals surface area contributed by atoms with E-state index in [4.69, 9.17) is 30.5 Å². The number of benzene rings is 1. The number of carbonyl (C=O) groups is 2. The second-order valence-electron chi connectivity index (χ2n) is 8.58. The van der Waals surface area contributed by atoms with E-state index in [1.165, 1.54) is 24.3 Å². The molecule has 18 nitrogen and oxygen atoms in total. The van der Waals surface area contributed by atoms with E-state index in [1.54, 1.807) is 30.3 Å². The van der Waals surface area contributed by atoms with Gasteiger partial charge in [-0.1, -0.05) is 18.2 Å². The summed E-state index contributed by atoms with van der Waals surface area (Å²) in [5.74, 6) is -1.05. The third-order valence-electron chi connectivity index (χ3n) is 5.66. The zero-order chi connectivity index (χ0) is 30.1. The van der Waals surface area contributed by atoms with Gasteiger partial charge in [0.2, 0.25) is 0 Å². The summed E-state index contributed by atoms with van der Waals surface area (Å²) in [4.78, 5) is 60.9. The zero-order valence-electron chi connectivity index (χ0n) is 21.2. The standard InChI is InChI=1S/C20H22N5O13P3S/c1-32-9-16(26)35-13-7-15(34-14(13)8-33-41(42)37-39(28,29)36-40(30,31)38-41)25-11-23-17-18(21-10-22-19(17)25)24-20(27)12-5-3-2-4-6-12/h2-6,10-11,13-15H,7-9H2,1H3,(H,28,29)(H,30,31)(H,21,22,24,27)/p-2/t13-,14+,15+/m0/s1. The first-order valence-corrected chi connectivity index (χ1v) is 17.2. The summed E-state index contributed by atoms with van der Waals surface area (Å²) in [5, 5.41) is 2.68. The number of aromatic nitrogens is 4. The molecule has 226 valence electrons. The molecule has 5 rings (SSSR count). The van der Waals surface area contributed by atoms with Gasteiger partial charge >= 0.3 is 12.7 Å². The van der Waals surface area contributed by atoms with E-state index in [0.717, 1.165) is 0 Å². The van der Waals surface area contributed by atoms with Crippen LogP contribution in [0.2, 0.25) is 0 Å². The quantitative estimate of drug-likeness (QED) is 0.250. The molecule has 0 bridgehead atoms. The smallest absolute Gasteiger partial charge is 0.340 e. The van der Waals surface area contributed by atoms with Crippen molar-refractivity contribution >= 4 is 63.0 Å². The van der Waals surface area contributed by atoms with Crippen LogP contribution >= 0.6 is 22.4 Å². The number of nitrogens with zero attached hydrogens (tertiary/aromatic N) is 4. The Hall–Kier alpha value is -2.50. The first-order chi connectivity index (χ1) is 19.9. The Bertz CT molecular complexity index is 1610. The lowest BCUT2D eigenvalue weighted by Gasteiger charge is -2.40. The number of ether oxygens (including phenoxy) is 3. The van der Waals surface area contributed by atoms with Crippen LogP contribution in [0.15, 0.2) is 43.0 Å². The van der Waals surface area contributed by atoms with Gasteiger partial charge in [-0.25, -0.2) is 32.7 Å². The molecule has 2 unspecified atom stereocenters. The van der Waals surface area contributed by atoms with Gasteiger partial charge < -0.3 is 33.8 Å².